The summed E-state index contributed by atoms with van der Waals surface area (Å²) in [6, 6.07) is 7.49. The maximum absolute atomic E-state index is 6.07. The summed E-state index contributed by atoms with van der Waals surface area (Å²) in [5, 5.41) is 0.645. The number of hydrogen-bond donors (Lipinski definition) is 0. The van der Waals surface area contributed by atoms with Gasteiger partial charge in [-0.05, 0) is 60.1 Å². The molecule has 112 valence electrons. The van der Waals surface area contributed by atoms with Gasteiger partial charge in [0.2, 0.25) is 4.47 Å². The molecular weight excluding hydrogens is 331 g/mol. The molecule has 2 heterocycles. The van der Waals surface area contributed by atoms with Crippen molar-refractivity contribution in [3.05, 3.63) is 45.1 Å². The third-order valence-corrected chi connectivity index (χ3v) is 4.28. The monoisotopic (exact) mass is 344 g/mol. The molecule has 1 saturated heterocycles. The average molecular weight is 345 g/mol. The molecule has 0 aliphatic carbocycles. The molecule has 21 heavy (non-hydrogen) atoms. The second-order valence-electron chi connectivity index (χ2n) is 4.77. The van der Waals surface area contributed by atoms with E-state index >= 15 is 0 Å². The van der Waals surface area contributed by atoms with Crippen LogP contribution in [0.5, 0.6) is 0 Å². The topological polar surface area (TPSA) is 44.2 Å². The molecule has 0 radical (unpaired) electrons. The molecule has 0 spiro atoms. The molecule has 0 N–H and O–H groups in total. The van der Waals surface area contributed by atoms with Crippen molar-refractivity contribution in [1.82, 2.24) is 9.36 Å². The van der Waals surface area contributed by atoms with Crippen LogP contribution in [0.2, 0.25) is 9.49 Å². The molecule has 1 aromatic carbocycles. The van der Waals surface area contributed by atoms with Crippen LogP contribution in [0.4, 0.5) is 0 Å². The Balaban J connectivity index is 1.86. The first-order valence-corrected chi connectivity index (χ1v) is 8.27. The largest absolute Gasteiger partial charge is 0.353 e. The fourth-order valence-corrected chi connectivity index (χ4v) is 3.08. The Kier molecular flexibility index (Phi) is 5.08. The fraction of sp³-hybridized carbons (Fsp3) is 0.429. The summed E-state index contributed by atoms with van der Waals surface area (Å²) in [4.78, 5) is 4.23. The molecule has 1 aliphatic rings. The van der Waals surface area contributed by atoms with Crippen LogP contribution in [-0.2, 0) is 9.47 Å². The lowest BCUT2D eigenvalue weighted by Gasteiger charge is -2.26. The van der Waals surface area contributed by atoms with Crippen molar-refractivity contribution < 1.29 is 9.47 Å². The Labute approximate surface area is 137 Å². The minimum absolute atomic E-state index is 0.245. The molecule has 0 unspecified atom stereocenters. The molecule has 1 fully saturated rings. The first-order valence-electron chi connectivity index (χ1n) is 6.74. The van der Waals surface area contributed by atoms with E-state index in [9.17, 15) is 0 Å². The van der Waals surface area contributed by atoms with E-state index in [1.807, 2.05) is 24.3 Å². The maximum atomic E-state index is 6.07. The van der Waals surface area contributed by atoms with Crippen LogP contribution in [0.1, 0.15) is 36.8 Å². The summed E-state index contributed by atoms with van der Waals surface area (Å²) in [6.07, 6.45) is 2.37. The molecule has 2 atom stereocenters. The molecule has 4 nitrogen and oxygen atoms in total. The van der Waals surface area contributed by atoms with Crippen LogP contribution in [0.15, 0.2) is 24.3 Å². The molecular formula is C14H14Cl2N2O2S. The predicted molar refractivity (Wildman–Crippen MR) is 82.9 cm³/mol. The molecule has 0 bridgehead atoms. The number of rotatable bonds is 4. The van der Waals surface area contributed by atoms with Gasteiger partial charge < -0.3 is 9.47 Å². The third-order valence-electron chi connectivity index (χ3n) is 3.23. The van der Waals surface area contributed by atoms with E-state index in [2.05, 4.69) is 9.36 Å². The lowest BCUT2D eigenvalue weighted by molar-refractivity contribution is -0.182. The van der Waals surface area contributed by atoms with E-state index < -0.39 is 6.10 Å². The van der Waals surface area contributed by atoms with Gasteiger partial charge in [0.1, 0.15) is 6.10 Å². The highest BCUT2D eigenvalue weighted by atomic mass is 35.5. The van der Waals surface area contributed by atoms with Gasteiger partial charge in [-0.3, -0.25) is 0 Å². The van der Waals surface area contributed by atoms with Crippen molar-refractivity contribution in [3.8, 4) is 0 Å². The smallest absolute Gasteiger partial charge is 0.203 e. The summed E-state index contributed by atoms with van der Waals surface area (Å²) < 4.78 is 16.4. The first-order chi connectivity index (χ1) is 10.2. The summed E-state index contributed by atoms with van der Waals surface area (Å²) in [5.74, 6) is 0.543. The van der Waals surface area contributed by atoms with Gasteiger partial charge in [-0.2, -0.15) is 4.37 Å². The van der Waals surface area contributed by atoms with Crippen molar-refractivity contribution in [3.63, 3.8) is 0 Å². The zero-order valence-corrected chi connectivity index (χ0v) is 13.5. The number of halogens is 2. The van der Waals surface area contributed by atoms with Crippen molar-refractivity contribution in [2.75, 3.05) is 6.61 Å². The predicted octanol–water partition coefficient (Wildman–Crippen LogP) is 4.48. The number of ether oxygens (including phenoxy) is 2. The van der Waals surface area contributed by atoms with E-state index in [1.165, 1.54) is 0 Å². The minimum atomic E-state index is -0.421. The molecule has 3 rings (SSSR count). The normalized spacial score (nSPS) is 20.4. The standard InChI is InChI=1S/C14H14Cl2N2O2S/c15-10-5-3-4-9(8-10)12(13-17-14(16)21-18-13)20-11-6-1-2-7-19-11/h3-5,8,11-12H,1-2,6-7H2/t11-,12-/m0/s1. The lowest BCUT2D eigenvalue weighted by atomic mass is 10.1. The summed E-state index contributed by atoms with van der Waals surface area (Å²) in [5.41, 5.74) is 0.895. The number of aromatic nitrogens is 2. The van der Waals surface area contributed by atoms with E-state index in [1.54, 1.807) is 0 Å². The van der Waals surface area contributed by atoms with Gasteiger partial charge in [-0.25, -0.2) is 4.98 Å². The summed E-state index contributed by atoms with van der Waals surface area (Å²) in [6.45, 7) is 0.720. The zero-order valence-electron chi connectivity index (χ0n) is 11.2. The van der Waals surface area contributed by atoms with Gasteiger partial charge >= 0.3 is 0 Å². The third kappa shape index (κ3) is 3.93. The first kappa shape index (κ1) is 15.2. The molecule has 0 saturated carbocycles. The van der Waals surface area contributed by atoms with E-state index in [0.717, 1.165) is 43.0 Å². The van der Waals surface area contributed by atoms with Crippen LogP contribution >= 0.6 is 34.7 Å². The van der Waals surface area contributed by atoms with E-state index in [-0.39, 0.29) is 6.29 Å². The molecule has 1 aromatic heterocycles. The minimum Gasteiger partial charge on any atom is -0.353 e. The number of benzene rings is 1. The van der Waals surface area contributed by atoms with Crippen molar-refractivity contribution in [2.24, 2.45) is 0 Å². The summed E-state index contributed by atoms with van der Waals surface area (Å²) >= 11 is 13.1. The molecule has 1 aliphatic heterocycles. The second kappa shape index (κ2) is 7.03. The highest BCUT2D eigenvalue weighted by molar-refractivity contribution is 7.10. The Hall–Kier alpha value is -0.720. The van der Waals surface area contributed by atoms with Crippen molar-refractivity contribution in [2.45, 2.75) is 31.7 Å². The van der Waals surface area contributed by atoms with Crippen LogP contribution in [-0.4, -0.2) is 22.3 Å². The Morgan fingerprint density at radius 1 is 1.33 bits per heavy atom. The highest BCUT2D eigenvalue weighted by Crippen LogP contribution is 2.31. The van der Waals surface area contributed by atoms with Gasteiger partial charge in [0.05, 0.1) is 0 Å². The maximum Gasteiger partial charge on any atom is 0.203 e. The second-order valence-corrected chi connectivity index (χ2v) is 6.54. The van der Waals surface area contributed by atoms with E-state index in [0.29, 0.717) is 15.3 Å². The van der Waals surface area contributed by atoms with Crippen LogP contribution in [0.25, 0.3) is 0 Å². The Morgan fingerprint density at radius 3 is 2.90 bits per heavy atom. The zero-order chi connectivity index (χ0) is 14.7. The van der Waals surface area contributed by atoms with Crippen LogP contribution < -0.4 is 0 Å². The molecule has 0 amide bonds. The van der Waals surface area contributed by atoms with Crippen molar-refractivity contribution >= 4 is 34.7 Å². The van der Waals surface area contributed by atoms with Crippen molar-refractivity contribution in [1.29, 1.82) is 0 Å². The van der Waals surface area contributed by atoms with Gasteiger partial charge in [0.15, 0.2) is 12.1 Å². The van der Waals surface area contributed by atoms with Gasteiger partial charge in [0.25, 0.3) is 0 Å². The molecule has 7 heteroatoms. The lowest BCUT2D eigenvalue weighted by Crippen LogP contribution is -2.25. The molecule has 2 aromatic rings. The Morgan fingerprint density at radius 2 is 2.24 bits per heavy atom. The van der Waals surface area contributed by atoms with E-state index in [4.69, 9.17) is 32.7 Å². The van der Waals surface area contributed by atoms with Crippen LogP contribution in [0, 0.1) is 0 Å². The Bertz CT molecular complexity index is 602. The number of nitrogens with zero attached hydrogens (tertiary/aromatic N) is 2. The van der Waals surface area contributed by atoms with Gasteiger partial charge in [-0.1, -0.05) is 23.7 Å². The fourth-order valence-electron chi connectivity index (χ4n) is 2.25. The number of hydrogen-bond acceptors (Lipinski definition) is 5. The quantitative estimate of drug-likeness (QED) is 0.820. The average Bonchev–Trinajstić information content (AvgIpc) is 2.92. The van der Waals surface area contributed by atoms with Gasteiger partial charge in [0, 0.05) is 11.6 Å². The highest BCUT2D eigenvalue weighted by Gasteiger charge is 2.26. The van der Waals surface area contributed by atoms with Crippen LogP contribution in [0.3, 0.4) is 0 Å². The summed E-state index contributed by atoms with van der Waals surface area (Å²) in [7, 11) is 0. The SMILES string of the molecule is Clc1cccc([C@H](O[C@H]2CCCCO2)c2nsc(Cl)n2)c1. The van der Waals surface area contributed by atoms with Gasteiger partial charge in [-0.15, -0.1) is 0 Å².